The molecule has 1 rings (SSSR count). The van der Waals surface area contributed by atoms with Gasteiger partial charge in [0.15, 0.2) is 6.29 Å². The third-order valence-electron chi connectivity index (χ3n) is 2.57. The molecular formula is C13H17BrO5. The summed E-state index contributed by atoms with van der Waals surface area (Å²) in [6, 6.07) is 5.22. The predicted molar refractivity (Wildman–Crippen MR) is 73.7 cm³/mol. The van der Waals surface area contributed by atoms with Crippen LogP contribution in [0.1, 0.15) is 15.9 Å². The molecule has 0 N–H and O–H groups in total. The van der Waals surface area contributed by atoms with Crippen molar-refractivity contribution in [1.82, 2.24) is 0 Å². The Labute approximate surface area is 120 Å². The number of carbonyl (C=O) groups is 1. The number of ether oxygens (including phenoxy) is 4. The minimum absolute atomic E-state index is 0.234. The molecule has 106 valence electrons. The second-order valence-electron chi connectivity index (χ2n) is 3.62. The summed E-state index contributed by atoms with van der Waals surface area (Å²) in [6.07, 6.45) is -0.454. The van der Waals surface area contributed by atoms with Crippen molar-refractivity contribution in [2.45, 2.75) is 11.6 Å². The third kappa shape index (κ3) is 4.19. The van der Waals surface area contributed by atoms with Crippen molar-refractivity contribution in [1.29, 1.82) is 0 Å². The molecule has 1 aromatic rings. The minimum Gasteiger partial charge on any atom is -0.488 e. The first kappa shape index (κ1) is 15.9. The molecule has 5 nitrogen and oxygen atoms in total. The molecule has 0 fully saturated rings. The molecule has 0 heterocycles. The van der Waals surface area contributed by atoms with Crippen molar-refractivity contribution in [2.75, 3.05) is 27.9 Å². The minimum atomic E-state index is -0.454. The van der Waals surface area contributed by atoms with E-state index in [1.165, 1.54) is 21.3 Å². The first-order chi connectivity index (χ1) is 9.17. The number of alkyl halides is 1. The molecule has 0 unspecified atom stereocenters. The van der Waals surface area contributed by atoms with Gasteiger partial charge in [-0.3, -0.25) is 0 Å². The normalized spacial score (nSPS) is 10.6. The molecule has 0 aliphatic carbocycles. The average Bonchev–Trinajstić information content (AvgIpc) is 2.47. The number of rotatable bonds is 7. The lowest BCUT2D eigenvalue weighted by molar-refractivity contribution is -0.122. The van der Waals surface area contributed by atoms with Gasteiger partial charge in [0.05, 0.1) is 12.7 Å². The van der Waals surface area contributed by atoms with Gasteiger partial charge < -0.3 is 18.9 Å². The maximum absolute atomic E-state index is 11.6. The molecule has 0 aliphatic rings. The molecule has 0 amide bonds. The van der Waals surface area contributed by atoms with Crippen molar-refractivity contribution in [3.8, 4) is 5.75 Å². The average molecular weight is 333 g/mol. The van der Waals surface area contributed by atoms with Crippen molar-refractivity contribution < 1.29 is 23.7 Å². The van der Waals surface area contributed by atoms with Crippen LogP contribution < -0.4 is 4.74 Å². The Kier molecular flexibility index (Phi) is 6.83. The maximum atomic E-state index is 11.6. The van der Waals surface area contributed by atoms with Crippen molar-refractivity contribution >= 4 is 21.9 Å². The molecule has 0 spiro atoms. The van der Waals surface area contributed by atoms with E-state index < -0.39 is 12.3 Å². The van der Waals surface area contributed by atoms with Gasteiger partial charge in [0, 0.05) is 25.1 Å². The molecule has 0 atom stereocenters. The zero-order valence-electron chi connectivity index (χ0n) is 11.1. The van der Waals surface area contributed by atoms with Crippen LogP contribution in [0.15, 0.2) is 18.2 Å². The van der Waals surface area contributed by atoms with E-state index in [1.54, 1.807) is 18.2 Å². The summed E-state index contributed by atoms with van der Waals surface area (Å²) in [7, 11) is 4.42. The highest BCUT2D eigenvalue weighted by molar-refractivity contribution is 9.08. The summed E-state index contributed by atoms with van der Waals surface area (Å²) >= 11 is 3.35. The summed E-state index contributed by atoms with van der Waals surface area (Å²) in [5.41, 5.74) is 1.21. The number of hydrogen-bond donors (Lipinski definition) is 0. The van der Waals surface area contributed by atoms with E-state index in [1.807, 2.05) is 0 Å². The van der Waals surface area contributed by atoms with Gasteiger partial charge in [0.1, 0.15) is 12.4 Å². The fourth-order valence-electron chi connectivity index (χ4n) is 1.53. The Bertz CT molecular complexity index is 417. The van der Waals surface area contributed by atoms with Gasteiger partial charge in [-0.2, -0.15) is 0 Å². The van der Waals surface area contributed by atoms with Crippen molar-refractivity contribution in [2.24, 2.45) is 0 Å². The van der Waals surface area contributed by atoms with Gasteiger partial charge in [-0.25, -0.2) is 4.79 Å². The third-order valence-corrected chi connectivity index (χ3v) is 3.13. The van der Waals surface area contributed by atoms with Gasteiger partial charge in [0.25, 0.3) is 0 Å². The highest BCUT2D eigenvalue weighted by Gasteiger charge is 2.16. The van der Waals surface area contributed by atoms with E-state index in [4.69, 9.17) is 18.9 Å². The van der Waals surface area contributed by atoms with Crippen LogP contribution in [-0.4, -0.2) is 40.2 Å². The second-order valence-corrected chi connectivity index (χ2v) is 4.18. The first-order valence-corrected chi connectivity index (χ1v) is 6.74. The van der Waals surface area contributed by atoms with Crippen LogP contribution >= 0.6 is 15.9 Å². The van der Waals surface area contributed by atoms with Gasteiger partial charge in [-0.1, -0.05) is 22.0 Å². The highest BCUT2D eigenvalue weighted by Crippen LogP contribution is 2.26. The van der Waals surface area contributed by atoms with Gasteiger partial charge in [0.2, 0.25) is 0 Å². The molecule has 0 radical (unpaired) electrons. The molecule has 0 aromatic heterocycles. The van der Waals surface area contributed by atoms with Crippen LogP contribution in [0.25, 0.3) is 0 Å². The summed E-state index contributed by atoms with van der Waals surface area (Å²) in [5, 5.41) is 0.484. The van der Waals surface area contributed by atoms with Crippen molar-refractivity contribution in [3.05, 3.63) is 29.3 Å². The number of halogens is 1. The van der Waals surface area contributed by atoms with E-state index in [-0.39, 0.29) is 6.61 Å². The van der Waals surface area contributed by atoms with Crippen LogP contribution in [0.2, 0.25) is 0 Å². The van der Waals surface area contributed by atoms with Gasteiger partial charge in [-0.15, -0.1) is 0 Å². The molecule has 1 aromatic carbocycles. The standard InChI is InChI=1S/C13H17BrO5/c1-16-12(17-2)8-19-11-6-4-5-9(10(11)7-14)13(15)18-3/h4-6,12H,7-8H2,1-3H3. The van der Waals surface area contributed by atoms with E-state index in [9.17, 15) is 4.79 Å². The fourth-order valence-corrected chi connectivity index (χ4v) is 2.11. The number of esters is 1. The quantitative estimate of drug-likeness (QED) is 0.436. The molecule has 0 saturated heterocycles. The smallest absolute Gasteiger partial charge is 0.338 e. The van der Waals surface area contributed by atoms with E-state index in [0.29, 0.717) is 16.6 Å². The Balaban J connectivity index is 2.91. The van der Waals surface area contributed by atoms with Crippen LogP contribution in [0.4, 0.5) is 0 Å². The zero-order chi connectivity index (χ0) is 14.3. The van der Waals surface area contributed by atoms with E-state index >= 15 is 0 Å². The molecular weight excluding hydrogens is 316 g/mol. The van der Waals surface area contributed by atoms with Gasteiger partial charge >= 0.3 is 5.97 Å². The lowest BCUT2D eigenvalue weighted by atomic mass is 10.1. The summed E-state index contributed by atoms with van der Waals surface area (Å²) < 4.78 is 20.4. The zero-order valence-corrected chi connectivity index (χ0v) is 12.7. The summed E-state index contributed by atoms with van der Waals surface area (Å²) in [6.45, 7) is 0.234. The summed E-state index contributed by atoms with van der Waals surface area (Å²) in [4.78, 5) is 11.6. The number of carbonyl (C=O) groups excluding carboxylic acids is 1. The van der Waals surface area contributed by atoms with Crippen molar-refractivity contribution in [3.63, 3.8) is 0 Å². The fraction of sp³-hybridized carbons (Fsp3) is 0.462. The van der Waals surface area contributed by atoms with E-state index in [2.05, 4.69) is 15.9 Å². The van der Waals surface area contributed by atoms with Gasteiger partial charge in [-0.05, 0) is 12.1 Å². The molecule has 0 saturated carbocycles. The molecule has 0 aliphatic heterocycles. The lowest BCUT2D eigenvalue weighted by Gasteiger charge is -2.17. The first-order valence-electron chi connectivity index (χ1n) is 5.62. The SMILES string of the molecule is COC(=O)c1cccc(OCC(OC)OC)c1CBr. The van der Waals surface area contributed by atoms with Crippen LogP contribution in [0, 0.1) is 0 Å². The van der Waals surface area contributed by atoms with Crippen LogP contribution in [0.5, 0.6) is 5.75 Å². The maximum Gasteiger partial charge on any atom is 0.338 e. The Morgan fingerprint density at radius 1 is 1.26 bits per heavy atom. The monoisotopic (exact) mass is 332 g/mol. The second kappa shape index (κ2) is 8.14. The highest BCUT2D eigenvalue weighted by atomic mass is 79.9. The Hall–Kier alpha value is -1.11. The lowest BCUT2D eigenvalue weighted by Crippen LogP contribution is -2.22. The Morgan fingerprint density at radius 3 is 2.47 bits per heavy atom. The molecule has 6 heteroatoms. The molecule has 19 heavy (non-hydrogen) atoms. The topological polar surface area (TPSA) is 54.0 Å². The molecule has 0 bridgehead atoms. The predicted octanol–water partition coefficient (Wildman–Crippen LogP) is 2.37. The van der Waals surface area contributed by atoms with Crippen LogP contribution in [-0.2, 0) is 19.5 Å². The number of hydrogen-bond acceptors (Lipinski definition) is 5. The van der Waals surface area contributed by atoms with Crippen LogP contribution in [0.3, 0.4) is 0 Å². The largest absolute Gasteiger partial charge is 0.488 e. The summed E-state index contributed by atoms with van der Waals surface area (Å²) in [5.74, 6) is 0.203. The Morgan fingerprint density at radius 2 is 1.95 bits per heavy atom. The number of benzene rings is 1. The number of methoxy groups -OCH3 is 3. The van der Waals surface area contributed by atoms with E-state index in [0.717, 1.165) is 5.56 Å².